The molecular formula is C14H19N5O2S2. The van der Waals surface area contributed by atoms with Crippen LogP contribution in [0.4, 0.5) is 5.69 Å². The van der Waals surface area contributed by atoms with Crippen molar-refractivity contribution in [2.75, 3.05) is 5.32 Å². The quantitative estimate of drug-likeness (QED) is 0.719. The summed E-state index contributed by atoms with van der Waals surface area (Å²) in [4.78, 5) is 0.0567. The zero-order valence-corrected chi connectivity index (χ0v) is 14.7. The SMILES string of the molecule is Cc1nn(C)cc1C(C)NC(=S)Nc1ccc(S(N)(=O)=O)cc1. The number of nitrogens with zero attached hydrogens (tertiary/aromatic N) is 2. The minimum atomic E-state index is -3.69. The van der Waals surface area contributed by atoms with Crippen LogP contribution in [-0.4, -0.2) is 23.3 Å². The van der Waals surface area contributed by atoms with Crippen molar-refractivity contribution in [3.63, 3.8) is 0 Å². The highest BCUT2D eigenvalue weighted by atomic mass is 32.2. The number of aromatic nitrogens is 2. The standard InChI is InChI=1S/C14H19N5O2S2/c1-9(13-8-19(3)18-10(13)2)16-14(22)17-11-4-6-12(7-5-11)23(15,20)21/h4-9H,1-3H3,(H2,15,20,21)(H2,16,17,22). The average molecular weight is 353 g/mol. The van der Waals surface area contributed by atoms with Crippen molar-refractivity contribution in [1.82, 2.24) is 15.1 Å². The molecule has 9 heteroatoms. The number of benzene rings is 1. The van der Waals surface area contributed by atoms with Crippen LogP contribution >= 0.6 is 12.2 Å². The fourth-order valence-electron chi connectivity index (χ4n) is 2.21. The minimum Gasteiger partial charge on any atom is -0.356 e. The van der Waals surface area contributed by atoms with Crippen molar-refractivity contribution in [3.8, 4) is 0 Å². The van der Waals surface area contributed by atoms with Crippen LogP contribution in [0.1, 0.15) is 24.2 Å². The molecule has 0 fully saturated rings. The van der Waals surface area contributed by atoms with E-state index in [-0.39, 0.29) is 10.9 Å². The molecule has 0 aliphatic heterocycles. The van der Waals surface area contributed by atoms with Gasteiger partial charge in [0.2, 0.25) is 10.0 Å². The highest BCUT2D eigenvalue weighted by Crippen LogP contribution is 2.16. The third kappa shape index (κ3) is 4.50. The van der Waals surface area contributed by atoms with E-state index < -0.39 is 10.0 Å². The molecule has 1 heterocycles. The Labute approximate surface area is 140 Å². The van der Waals surface area contributed by atoms with Crippen LogP contribution in [0.2, 0.25) is 0 Å². The van der Waals surface area contributed by atoms with E-state index in [4.69, 9.17) is 17.4 Å². The molecule has 0 saturated heterocycles. The van der Waals surface area contributed by atoms with Crippen LogP contribution in [0.15, 0.2) is 35.4 Å². The van der Waals surface area contributed by atoms with Gasteiger partial charge in [-0.1, -0.05) is 0 Å². The molecule has 2 rings (SSSR count). The van der Waals surface area contributed by atoms with Crippen molar-refractivity contribution < 1.29 is 8.42 Å². The van der Waals surface area contributed by atoms with Gasteiger partial charge in [-0.3, -0.25) is 4.68 Å². The lowest BCUT2D eigenvalue weighted by molar-refractivity contribution is 0.598. The molecule has 124 valence electrons. The summed E-state index contributed by atoms with van der Waals surface area (Å²) in [7, 11) is -1.82. The zero-order valence-electron chi connectivity index (χ0n) is 13.1. The maximum absolute atomic E-state index is 11.2. The molecular weight excluding hydrogens is 334 g/mol. The van der Waals surface area contributed by atoms with Crippen LogP contribution in [-0.2, 0) is 17.1 Å². The molecule has 23 heavy (non-hydrogen) atoms. The first-order valence-electron chi connectivity index (χ1n) is 6.87. The number of sulfonamides is 1. The molecule has 1 unspecified atom stereocenters. The number of anilines is 1. The van der Waals surface area contributed by atoms with Crippen LogP contribution in [0.5, 0.6) is 0 Å². The van der Waals surface area contributed by atoms with Gasteiger partial charge < -0.3 is 10.6 Å². The molecule has 0 spiro atoms. The molecule has 0 saturated carbocycles. The normalized spacial score (nSPS) is 12.7. The van der Waals surface area contributed by atoms with Gasteiger partial charge in [0.1, 0.15) is 0 Å². The Morgan fingerprint density at radius 1 is 1.35 bits per heavy atom. The van der Waals surface area contributed by atoms with Gasteiger partial charge >= 0.3 is 0 Å². The van der Waals surface area contributed by atoms with Gasteiger partial charge in [-0.15, -0.1) is 0 Å². The highest BCUT2D eigenvalue weighted by Gasteiger charge is 2.13. The Kier molecular flexibility index (Phi) is 5.03. The Morgan fingerprint density at radius 3 is 2.43 bits per heavy atom. The number of primary sulfonamides is 1. The van der Waals surface area contributed by atoms with E-state index in [0.717, 1.165) is 11.3 Å². The second kappa shape index (κ2) is 6.65. The second-order valence-corrected chi connectivity index (χ2v) is 7.20. The third-order valence-electron chi connectivity index (χ3n) is 3.31. The van der Waals surface area contributed by atoms with Crippen LogP contribution < -0.4 is 15.8 Å². The summed E-state index contributed by atoms with van der Waals surface area (Å²) < 4.78 is 24.2. The van der Waals surface area contributed by atoms with Gasteiger partial charge in [0, 0.05) is 24.5 Å². The zero-order chi connectivity index (χ0) is 17.2. The number of thiocarbonyl (C=S) groups is 1. The van der Waals surface area contributed by atoms with Gasteiger partial charge in [0.05, 0.1) is 16.6 Å². The topological polar surface area (TPSA) is 102 Å². The maximum Gasteiger partial charge on any atom is 0.238 e. The monoisotopic (exact) mass is 353 g/mol. The Morgan fingerprint density at radius 2 is 1.96 bits per heavy atom. The fourth-order valence-corrected chi connectivity index (χ4v) is 3.02. The van der Waals surface area contributed by atoms with Crippen LogP contribution in [0.3, 0.4) is 0 Å². The molecule has 2 aromatic rings. The summed E-state index contributed by atoms with van der Waals surface area (Å²) in [5.74, 6) is 0. The van der Waals surface area contributed by atoms with E-state index in [0.29, 0.717) is 10.8 Å². The molecule has 0 amide bonds. The molecule has 1 aromatic carbocycles. The third-order valence-corrected chi connectivity index (χ3v) is 4.46. The lowest BCUT2D eigenvalue weighted by atomic mass is 10.1. The van der Waals surface area contributed by atoms with Gasteiger partial charge in [0.15, 0.2) is 5.11 Å². The van der Waals surface area contributed by atoms with Crippen molar-refractivity contribution in [2.45, 2.75) is 24.8 Å². The van der Waals surface area contributed by atoms with Gasteiger partial charge in [-0.05, 0) is 50.3 Å². The van der Waals surface area contributed by atoms with E-state index in [1.807, 2.05) is 27.1 Å². The first-order chi connectivity index (χ1) is 10.7. The lowest BCUT2D eigenvalue weighted by Gasteiger charge is -2.16. The van der Waals surface area contributed by atoms with Crippen LogP contribution in [0.25, 0.3) is 0 Å². The van der Waals surface area contributed by atoms with Gasteiger partial charge in [0.25, 0.3) is 0 Å². The number of hydrogen-bond acceptors (Lipinski definition) is 4. The minimum absolute atomic E-state index is 0.00704. The summed E-state index contributed by atoms with van der Waals surface area (Å²) in [5, 5.41) is 16.0. The average Bonchev–Trinajstić information content (AvgIpc) is 2.77. The summed E-state index contributed by atoms with van der Waals surface area (Å²) in [6.45, 7) is 3.93. The van der Waals surface area contributed by atoms with Gasteiger partial charge in [-0.25, -0.2) is 13.6 Å². The number of rotatable bonds is 4. The fraction of sp³-hybridized carbons (Fsp3) is 0.286. The smallest absolute Gasteiger partial charge is 0.238 e. The predicted molar refractivity (Wildman–Crippen MR) is 93.5 cm³/mol. The highest BCUT2D eigenvalue weighted by molar-refractivity contribution is 7.89. The maximum atomic E-state index is 11.2. The Hall–Kier alpha value is -1.97. The number of aryl methyl sites for hydroxylation is 2. The van der Waals surface area contributed by atoms with Crippen LogP contribution in [0, 0.1) is 6.92 Å². The largest absolute Gasteiger partial charge is 0.356 e. The molecule has 7 nitrogen and oxygen atoms in total. The summed E-state index contributed by atoms with van der Waals surface area (Å²) in [6.07, 6.45) is 1.94. The van der Waals surface area contributed by atoms with Crippen molar-refractivity contribution in [3.05, 3.63) is 41.7 Å². The number of nitrogens with one attached hydrogen (secondary N) is 2. The first-order valence-corrected chi connectivity index (χ1v) is 8.83. The van der Waals surface area contributed by atoms with Gasteiger partial charge in [-0.2, -0.15) is 5.10 Å². The molecule has 0 radical (unpaired) electrons. The molecule has 1 atom stereocenters. The number of nitrogens with two attached hydrogens (primary N) is 1. The van der Waals surface area contributed by atoms with Crippen molar-refractivity contribution >= 4 is 33.0 Å². The van der Waals surface area contributed by atoms with E-state index in [9.17, 15) is 8.42 Å². The Balaban J connectivity index is 2.01. The summed E-state index contributed by atoms with van der Waals surface area (Å²) >= 11 is 5.28. The second-order valence-electron chi connectivity index (χ2n) is 5.23. The van der Waals surface area contributed by atoms with E-state index in [2.05, 4.69) is 15.7 Å². The van der Waals surface area contributed by atoms with Crippen molar-refractivity contribution in [2.24, 2.45) is 12.2 Å². The molecule has 0 aliphatic carbocycles. The molecule has 1 aromatic heterocycles. The summed E-state index contributed by atoms with van der Waals surface area (Å²) in [5.41, 5.74) is 2.67. The summed E-state index contributed by atoms with van der Waals surface area (Å²) in [6, 6.07) is 6.05. The molecule has 4 N–H and O–H groups in total. The molecule has 0 bridgehead atoms. The van der Waals surface area contributed by atoms with E-state index in [1.54, 1.807) is 16.8 Å². The van der Waals surface area contributed by atoms with Crippen molar-refractivity contribution in [1.29, 1.82) is 0 Å². The molecule has 0 aliphatic rings. The predicted octanol–water partition coefficient (Wildman–Crippen LogP) is 1.42. The first kappa shape index (κ1) is 17.4. The number of hydrogen-bond donors (Lipinski definition) is 3. The lowest BCUT2D eigenvalue weighted by Crippen LogP contribution is -2.31. The van der Waals surface area contributed by atoms with E-state index >= 15 is 0 Å². The Bertz CT molecular complexity index is 812. The van der Waals surface area contributed by atoms with E-state index in [1.165, 1.54) is 12.1 Å².